The molecule has 108 valence electrons. The Morgan fingerprint density at radius 2 is 1.81 bits per heavy atom. The molecule has 0 unspecified atom stereocenters. The molecule has 2 aromatic rings. The van der Waals surface area contributed by atoms with Crippen molar-refractivity contribution in [2.45, 2.75) is 46.5 Å². The number of rotatable bonds is 3. The maximum Gasteiger partial charge on any atom is -0.00604 e. The Morgan fingerprint density at radius 1 is 1.05 bits per heavy atom. The Balaban J connectivity index is 2.32. The summed E-state index contributed by atoms with van der Waals surface area (Å²) in [5.41, 5.74) is 10.2. The van der Waals surface area contributed by atoms with Gasteiger partial charge in [-0.3, -0.25) is 0 Å². The summed E-state index contributed by atoms with van der Waals surface area (Å²) in [5, 5.41) is 0. The highest BCUT2D eigenvalue weighted by Crippen LogP contribution is 2.40. The summed E-state index contributed by atoms with van der Waals surface area (Å²) in [4.78, 5) is 0. The fraction of sp³-hybridized carbons (Fsp3) is 0.333. The molecule has 3 rings (SSSR count). The van der Waals surface area contributed by atoms with Crippen molar-refractivity contribution in [2.24, 2.45) is 0 Å². The fourth-order valence-electron chi connectivity index (χ4n) is 3.45. The minimum atomic E-state index is 0.546. The van der Waals surface area contributed by atoms with Crippen LogP contribution in [-0.4, -0.2) is 0 Å². The molecule has 2 aromatic carbocycles. The topological polar surface area (TPSA) is 0 Å². The summed E-state index contributed by atoms with van der Waals surface area (Å²) in [6.07, 6.45) is 4.58. The maximum absolute atomic E-state index is 2.39. The molecule has 0 saturated carbocycles. The first kappa shape index (κ1) is 14.1. The Kier molecular flexibility index (Phi) is 3.71. The molecule has 0 atom stereocenters. The number of allylic oxidation sites excluding steroid dienone is 1. The lowest BCUT2D eigenvalue weighted by Crippen LogP contribution is -1.99. The molecule has 0 saturated heterocycles. The van der Waals surface area contributed by atoms with E-state index >= 15 is 0 Å². The lowest BCUT2D eigenvalue weighted by molar-refractivity contribution is 0.867. The second-order valence-electron chi connectivity index (χ2n) is 6.44. The molecular formula is C21H24. The van der Waals surface area contributed by atoms with E-state index in [4.69, 9.17) is 0 Å². The van der Waals surface area contributed by atoms with E-state index < -0.39 is 0 Å². The third-order valence-corrected chi connectivity index (χ3v) is 4.52. The number of aryl methyl sites for hydroxylation is 1. The van der Waals surface area contributed by atoms with Crippen LogP contribution in [0.3, 0.4) is 0 Å². The predicted molar refractivity (Wildman–Crippen MR) is 92.7 cm³/mol. The van der Waals surface area contributed by atoms with Gasteiger partial charge in [0.05, 0.1) is 0 Å². The van der Waals surface area contributed by atoms with Crippen molar-refractivity contribution in [3.8, 4) is 11.1 Å². The van der Waals surface area contributed by atoms with Gasteiger partial charge in [0.15, 0.2) is 0 Å². The molecule has 0 amide bonds. The van der Waals surface area contributed by atoms with Gasteiger partial charge in [-0.2, -0.15) is 0 Å². The van der Waals surface area contributed by atoms with Gasteiger partial charge in [-0.1, -0.05) is 68.8 Å². The molecule has 0 radical (unpaired) electrons. The zero-order chi connectivity index (χ0) is 15.0. The van der Waals surface area contributed by atoms with E-state index in [1.54, 1.807) is 0 Å². The van der Waals surface area contributed by atoms with Gasteiger partial charge in [-0.25, -0.2) is 0 Å². The first-order chi connectivity index (χ1) is 10.1. The third-order valence-electron chi connectivity index (χ3n) is 4.52. The highest BCUT2D eigenvalue weighted by molar-refractivity contribution is 5.84. The molecule has 21 heavy (non-hydrogen) atoms. The highest BCUT2D eigenvalue weighted by Gasteiger charge is 2.20. The zero-order valence-corrected chi connectivity index (χ0v) is 13.5. The molecule has 0 heteroatoms. The monoisotopic (exact) mass is 276 g/mol. The molecule has 0 nitrogen and oxygen atoms in total. The predicted octanol–water partition coefficient (Wildman–Crippen LogP) is 6.00. The van der Waals surface area contributed by atoms with Crippen LogP contribution in [0.4, 0.5) is 0 Å². The van der Waals surface area contributed by atoms with Crippen LogP contribution in [0.15, 0.2) is 42.0 Å². The van der Waals surface area contributed by atoms with Gasteiger partial charge in [0.25, 0.3) is 0 Å². The van der Waals surface area contributed by atoms with Crippen LogP contribution in [0.1, 0.15) is 55.9 Å². The minimum absolute atomic E-state index is 0.546. The van der Waals surface area contributed by atoms with Crippen LogP contribution in [0.25, 0.3) is 17.2 Å². The average molecular weight is 276 g/mol. The van der Waals surface area contributed by atoms with Gasteiger partial charge in [0, 0.05) is 0 Å². The van der Waals surface area contributed by atoms with Crippen molar-refractivity contribution in [3.63, 3.8) is 0 Å². The van der Waals surface area contributed by atoms with Gasteiger partial charge in [-0.05, 0) is 59.1 Å². The molecular weight excluding hydrogens is 252 g/mol. The van der Waals surface area contributed by atoms with Crippen LogP contribution >= 0.6 is 0 Å². The normalized spacial score (nSPS) is 13.5. The average Bonchev–Trinajstić information content (AvgIpc) is 2.86. The summed E-state index contributed by atoms with van der Waals surface area (Å²) in [5.74, 6) is 0.546. The van der Waals surface area contributed by atoms with E-state index in [-0.39, 0.29) is 0 Å². The summed E-state index contributed by atoms with van der Waals surface area (Å²) >= 11 is 0. The van der Waals surface area contributed by atoms with Crippen LogP contribution in [-0.2, 0) is 12.8 Å². The van der Waals surface area contributed by atoms with Crippen molar-refractivity contribution in [2.75, 3.05) is 0 Å². The molecule has 0 N–H and O–H groups in total. The van der Waals surface area contributed by atoms with E-state index in [1.165, 1.54) is 39.0 Å². The minimum Gasteiger partial charge on any atom is -0.0683 e. The van der Waals surface area contributed by atoms with Gasteiger partial charge in [-0.15, -0.1) is 0 Å². The Morgan fingerprint density at radius 3 is 2.52 bits per heavy atom. The van der Waals surface area contributed by atoms with Crippen LogP contribution in [0, 0.1) is 0 Å². The van der Waals surface area contributed by atoms with Gasteiger partial charge in [0.1, 0.15) is 0 Å². The number of hydrogen-bond donors (Lipinski definition) is 0. The first-order valence-corrected chi connectivity index (χ1v) is 8.03. The largest absolute Gasteiger partial charge is 0.0683 e. The molecule has 0 heterocycles. The van der Waals surface area contributed by atoms with Crippen molar-refractivity contribution in [1.29, 1.82) is 0 Å². The number of benzene rings is 2. The summed E-state index contributed by atoms with van der Waals surface area (Å²) in [7, 11) is 0. The molecule has 0 fully saturated rings. The van der Waals surface area contributed by atoms with Crippen molar-refractivity contribution in [3.05, 3.63) is 64.2 Å². The molecule has 0 aromatic heterocycles. The standard InChI is InChI=1S/C21H24/c1-5-16-8-6-7-9-19(16)21-18(14(2)3)11-10-17-12-15(4)13-20(17)21/h6-11,13-14H,5,12H2,1-4H3. The molecule has 1 aliphatic rings. The maximum atomic E-state index is 2.39. The molecule has 1 aliphatic carbocycles. The third kappa shape index (κ3) is 2.44. The number of fused-ring (bicyclic) bond motifs is 1. The van der Waals surface area contributed by atoms with Crippen molar-refractivity contribution < 1.29 is 0 Å². The summed E-state index contributed by atoms with van der Waals surface area (Å²) in [6.45, 7) is 9.08. The highest BCUT2D eigenvalue weighted by atomic mass is 14.2. The van der Waals surface area contributed by atoms with E-state index in [9.17, 15) is 0 Å². The Labute approximate surface area is 128 Å². The van der Waals surface area contributed by atoms with Gasteiger partial charge < -0.3 is 0 Å². The lowest BCUT2D eigenvalue weighted by atomic mass is 9.85. The van der Waals surface area contributed by atoms with Crippen molar-refractivity contribution >= 4 is 6.08 Å². The lowest BCUT2D eigenvalue weighted by Gasteiger charge is -2.19. The fourth-order valence-corrected chi connectivity index (χ4v) is 3.45. The Hall–Kier alpha value is -1.82. The van der Waals surface area contributed by atoms with Crippen LogP contribution in [0.2, 0.25) is 0 Å². The van der Waals surface area contributed by atoms with E-state index in [0.717, 1.165) is 12.8 Å². The summed E-state index contributed by atoms with van der Waals surface area (Å²) < 4.78 is 0. The SMILES string of the molecule is CCc1ccccc1-c1c(C(C)C)ccc2c1C=C(C)C2. The van der Waals surface area contributed by atoms with Crippen LogP contribution < -0.4 is 0 Å². The zero-order valence-electron chi connectivity index (χ0n) is 13.5. The molecule has 0 aliphatic heterocycles. The number of hydrogen-bond acceptors (Lipinski definition) is 0. The quantitative estimate of drug-likeness (QED) is 0.645. The Bertz CT molecular complexity index is 702. The van der Waals surface area contributed by atoms with E-state index in [0.29, 0.717) is 5.92 Å². The molecule has 0 spiro atoms. The van der Waals surface area contributed by atoms with Gasteiger partial charge in [0.2, 0.25) is 0 Å². The first-order valence-electron chi connectivity index (χ1n) is 8.03. The van der Waals surface area contributed by atoms with E-state index in [2.05, 4.69) is 70.2 Å². The van der Waals surface area contributed by atoms with Crippen LogP contribution in [0.5, 0.6) is 0 Å². The van der Waals surface area contributed by atoms with Gasteiger partial charge >= 0.3 is 0 Å². The van der Waals surface area contributed by atoms with E-state index in [1.807, 2.05) is 0 Å². The smallest absolute Gasteiger partial charge is 0.00604 e. The second-order valence-corrected chi connectivity index (χ2v) is 6.44. The molecule has 0 bridgehead atoms. The second kappa shape index (κ2) is 5.52. The van der Waals surface area contributed by atoms with Crippen molar-refractivity contribution in [1.82, 2.24) is 0 Å². The summed E-state index contributed by atoms with van der Waals surface area (Å²) in [6, 6.07) is 13.6.